The lowest BCUT2D eigenvalue weighted by Gasteiger charge is -2.26. The lowest BCUT2D eigenvalue weighted by Crippen LogP contribution is -2.26. The van der Waals surface area contributed by atoms with Gasteiger partial charge in [0, 0.05) is 23.0 Å². The maximum Gasteiger partial charge on any atom is 0.140 e. The second-order valence-corrected chi connectivity index (χ2v) is 5.54. The van der Waals surface area contributed by atoms with Crippen LogP contribution < -0.4 is 5.32 Å². The molecular weight excluding hydrogens is 228 g/mol. The Labute approximate surface area is 97.6 Å². The SMILES string of the molecule is Fc1cc(F)c2c(c1)C(NC1CC1)CCS2. The van der Waals surface area contributed by atoms with Crippen LogP contribution in [0.5, 0.6) is 0 Å². The zero-order valence-corrected chi connectivity index (χ0v) is 9.62. The van der Waals surface area contributed by atoms with Crippen LogP contribution >= 0.6 is 11.8 Å². The first-order valence-electron chi connectivity index (χ1n) is 5.62. The highest BCUT2D eigenvalue weighted by Crippen LogP contribution is 2.39. The van der Waals surface area contributed by atoms with E-state index in [1.165, 1.54) is 30.7 Å². The van der Waals surface area contributed by atoms with Crippen LogP contribution in [0.15, 0.2) is 17.0 Å². The van der Waals surface area contributed by atoms with E-state index in [-0.39, 0.29) is 6.04 Å². The van der Waals surface area contributed by atoms with Crippen LogP contribution in [-0.2, 0) is 0 Å². The summed E-state index contributed by atoms with van der Waals surface area (Å²) in [6, 6.07) is 3.15. The van der Waals surface area contributed by atoms with Crippen LogP contribution in [0.2, 0.25) is 0 Å². The van der Waals surface area contributed by atoms with Crippen molar-refractivity contribution < 1.29 is 8.78 Å². The first kappa shape index (κ1) is 10.5. The molecule has 1 aliphatic carbocycles. The molecule has 0 radical (unpaired) electrons. The Morgan fingerprint density at radius 2 is 2.00 bits per heavy atom. The van der Waals surface area contributed by atoms with Gasteiger partial charge in [0.1, 0.15) is 11.6 Å². The van der Waals surface area contributed by atoms with Gasteiger partial charge in [-0.05, 0) is 36.6 Å². The molecule has 0 amide bonds. The number of benzene rings is 1. The fourth-order valence-corrected chi connectivity index (χ4v) is 3.26. The van der Waals surface area contributed by atoms with Crippen molar-refractivity contribution in [2.24, 2.45) is 0 Å². The zero-order chi connectivity index (χ0) is 11.1. The third kappa shape index (κ3) is 1.96. The van der Waals surface area contributed by atoms with Gasteiger partial charge in [-0.2, -0.15) is 0 Å². The minimum Gasteiger partial charge on any atom is -0.307 e. The van der Waals surface area contributed by atoms with Crippen LogP contribution in [0.1, 0.15) is 30.9 Å². The number of rotatable bonds is 2. The van der Waals surface area contributed by atoms with Gasteiger partial charge in [-0.25, -0.2) is 8.78 Å². The van der Waals surface area contributed by atoms with Crippen LogP contribution in [0.4, 0.5) is 8.78 Å². The normalized spacial score (nSPS) is 24.2. The standard InChI is InChI=1S/C12H13F2NS/c13-7-5-9-11(15-8-1-2-8)3-4-16-12(9)10(14)6-7/h5-6,8,11,15H,1-4H2. The molecule has 1 heterocycles. The van der Waals surface area contributed by atoms with Crippen LogP contribution in [0.25, 0.3) is 0 Å². The molecule has 1 fully saturated rings. The number of hydrogen-bond acceptors (Lipinski definition) is 2. The molecule has 1 aromatic carbocycles. The Morgan fingerprint density at radius 1 is 1.19 bits per heavy atom. The van der Waals surface area contributed by atoms with E-state index in [1.54, 1.807) is 0 Å². The quantitative estimate of drug-likeness (QED) is 0.853. The monoisotopic (exact) mass is 241 g/mol. The van der Waals surface area contributed by atoms with Crippen molar-refractivity contribution in [2.45, 2.75) is 36.2 Å². The molecule has 1 aliphatic heterocycles. The number of fused-ring (bicyclic) bond motifs is 1. The Bertz CT molecular complexity index is 418. The maximum atomic E-state index is 13.6. The number of nitrogens with one attached hydrogen (secondary N) is 1. The molecule has 86 valence electrons. The van der Waals surface area contributed by atoms with Crippen molar-refractivity contribution in [1.29, 1.82) is 0 Å². The zero-order valence-electron chi connectivity index (χ0n) is 8.80. The molecule has 0 bridgehead atoms. The third-order valence-corrected chi connectivity index (χ3v) is 4.24. The molecule has 1 atom stereocenters. The predicted octanol–water partition coefficient (Wildman–Crippen LogP) is 3.25. The van der Waals surface area contributed by atoms with Gasteiger partial charge >= 0.3 is 0 Å². The summed E-state index contributed by atoms with van der Waals surface area (Å²) >= 11 is 1.49. The van der Waals surface area contributed by atoms with Crippen molar-refractivity contribution in [3.8, 4) is 0 Å². The minimum absolute atomic E-state index is 0.133. The minimum atomic E-state index is -0.471. The maximum absolute atomic E-state index is 13.6. The van der Waals surface area contributed by atoms with Crippen molar-refractivity contribution in [3.05, 3.63) is 29.3 Å². The molecule has 0 spiro atoms. The molecule has 1 unspecified atom stereocenters. The Hall–Kier alpha value is -0.610. The average Bonchev–Trinajstić information content (AvgIpc) is 3.03. The van der Waals surface area contributed by atoms with Crippen molar-refractivity contribution in [3.63, 3.8) is 0 Å². The van der Waals surface area contributed by atoms with Crippen molar-refractivity contribution in [2.75, 3.05) is 5.75 Å². The van der Waals surface area contributed by atoms with E-state index in [9.17, 15) is 8.78 Å². The molecule has 1 nitrogen and oxygen atoms in total. The molecule has 1 aromatic rings. The highest BCUT2D eigenvalue weighted by molar-refractivity contribution is 7.99. The summed E-state index contributed by atoms with van der Waals surface area (Å²) < 4.78 is 26.8. The van der Waals surface area contributed by atoms with E-state index in [0.717, 1.165) is 23.8 Å². The summed E-state index contributed by atoms with van der Waals surface area (Å²) in [7, 11) is 0. The van der Waals surface area contributed by atoms with Gasteiger partial charge in [-0.1, -0.05) is 0 Å². The smallest absolute Gasteiger partial charge is 0.140 e. The average molecular weight is 241 g/mol. The fourth-order valence-electron chi connectivity index (χ4n) is 2.13. The fraction of sp³-hybridized carbons (Fsp3) is 0.500. The highest BCUT2D eigenvalue weighted by atomic mass is 32.2. The molecule has 2 aliphatic rings. The largest absolute Gasteiger partial charge is 0.307 e. The van der Waals surface area contributed by atoms with E-state index >= 15 is 0 Å². The van der Waals surface area contributed by atoms with Crippen molar-refractivity contribution in [1.82, 2.24) is 5.32 Å². The Kier molecular flexibility index (Phi) is 2.64. The molecule has 0 aromatic heterocycles. The van der Waals surface area contributed by atoms with Gasteiger partial charge in [0.25, 0.3) is 0 Å². The predicted molar refractivity (Wildman–Crippen MR) is 60.6 cm³/mol. The van der Waals surface area contributed by atoms with Crippen LogP contribution in [-0.4, -0.2) is 11.8 Å². The van der Waals surface area contributed by atoms with Gasteiger partial charge in [-0.15, -0.1) is 11.8 Å². The van der Waals surface area contributed by atoms with Crippen LogP contribution in [0.3, 0.4) is 0 Å². The summed E-state index contributed by atoms with van der Waals surface area (Å²) in [5, 5.41) is 3.46. The first-order valence-corrected chi connectivity index (χ1v) is 6.60. The molecule has 1 N–H and O–H groups in total. The summed E-state index contributed by atoms with van der Waals surface area (Å²) in [5.41, 5.74) is 0.806. The van der Waals surface area contributed by atoms with Gasteiger partial charge in [0.05, 0.1) is 0 Å². The first-order chi connectivity index (χ1) is 7.74. The Morgan fingerprint density at radius 3 is 2.75 bits per heavy atom. The molecule has 16 heavy (non-hydrogen) atoms. The van der Waals surface area contributed by atoms with E-state index in [0.29, 0.717) is 10.9 Å². The molecule has 3 rings (SSSR count). The van der Waals surface area contributed by atoms with E-state index in [1.807, 2.05) is 0 Å². The topological polar surface area (TPSA) is 12.0 Å². The number of halogens is 2. The Balaban J connectivity index is 1.95. The summed E-state index contributed by atoms with van der Waals surface area (Å²) in [5.74, 6) is 0.0172. The van der Waals surface area contributed by atoms with Gasteiger partial charge in [0.2, 0.25) is 0 Å². The second-order valence-electron chi connectivity index (χ2n) is 4.44. The lowest BCUT2D eigenvalue weighted by atomic mass is 10.0. The lowest BCUT2D eigenvalue weighted by molar-refractivity contribution is 0.484. The van der Waals surface area contributed by atoms with Gasteiger partial charge in [0.15, 0.2) is 0 Å². The summed E-state index contributed by atoms with van der Waals surface area (Å²) in [4.78, 5) is 0.630. The number of thioether (sulfide) groups is 1. The van der Waals surface area contributed by atoms with Crippen molar-refractivity contribution >= 4 is 11.8 Å². The van der Waals surface area contributed by atoms with E-state index in [2.05, 4.69) is 5.32 Å². The second kappa shape index (κ2) is 4.00. The third-order valence-electron chi connectivity index (χ3n) is 3.08. The molecular formula is C12H13F2NS. The van der Waals surface area contributed by atoms with Gasteiger partial charge < -0.3 is 5.32 Å². The number of hydrogen-bond donors (Lipinski definition) is 1. The van der Waals surface area contributed by atoms with E-state index < -0.39 is 11.6 Å². The molecule has 4 heteroatoms. The van der Waals surface area contributed by atoms with Crippen LogP contribution in [0, 0.1) is 11.6 Å². The van der Waals surface area contributed by atoms with E-state index in [4.69, 9.17) is 0 Å². The molecule has 1 saturated carbocycles. The van der Waals surface area contributed by atoms with Gasteiger partial charge in [-0.3, -0.25) is 0 Å². The summed E-state index contributed by atoms with van der Waals surface area (Å²) in [6.45, 7) is 0. The summed E-state index contributed by atoms with van der Waals surface area (Å²) in [6.07, 6.45) is 3.34. The highest BCUT2D eigenvalue weighted by Gasteiger charge is 2.29. The molecule has 0 saturated heterocycles.